The van der Waals surface area contributed by atoms with E-state index in [-0.39, 0.29) is 23.3 Å². The first-order valence-electron chi connectivity index (χ1n) is 5.91. The SMILES string of the molecule is CCc1nnc(SCC(=O)O)n1C1CCS(=O)(=O)C1. The van der Waals surface area contributed by atoms with Gasteiger partial charge in [-0.2, -0.15) is 0 Å². The minimum Gasteiger partial charge on any atom is -0.481 e. The van der Waals surface area contributed by atoms with E-state index in [1.54, 1.807) is 4.57 Å². The second kappa shape index (κ2) is 5.49. The molecule has 0 spiro atoms. The first-order chi connectivity index (χ1) is 8.93. The lowest BCUT2D eigenvalue weighted by atomic mass is 10.2. The first kappa shape index (κ1) is 14.3. The van der Waals surface area contributed by atoms with Gasteiger partial charge < -0.3 is 9.67 Å². The number of nitrogens with zero attached hydrogens (tertiary/aromatic N) is 3. The highest BCUT2D eigenvalue weighted by Gasteiger charge is 2.32. The van der Waals surface area contributed by atoms with E-state index >= 15 is 0 Å². The van der Waals surface area contributed by atoms with Gasteiger partial charge in [0.2, 0.25) is 0 Å². The molecule has 19 heavy (non-hydrogen) atoms. The first-order valence-corrected chi connectivity index (χ1v) is 8.72. The molecule has 2 rings (SSSR count). The van der Waals surface area contributed by atoms with Crippen molar-refractivity contribution in [3.05, 3.63) is 5.82 Å². The predicted octanol–water partition coefficient (Wildman–Crippen LogP) is 0.377. The lowest BCUT2D eigenvalue weighted by Crippen LogP contribution is -2.15. The maximum atomic E-state index is 11.6. The number of aliphatic carboxylic acids is 1. The van der Waals surface area contributed by atoms with Crippen LogP contribution in [0.2, 0.25) is 0 Å². The minimum absolute atomic E-state index is 0.0820. The average molecular weight is 305 g/mol. The number of hydrogen-bond donors (Lipinski definition) is 1. The van der Waals surface area contributed by atoms with Crippen LogP contribution in [0, 0.1) is 0 Å². The number of aryl methyl sites for hydroxylation is 1. The molecule has 7 nitrogen and oxygen atoms in total. The fourth-order valence-corrected chi connectivity index (χ4v) is 4.56. The van der Waals surface area contributed by atoms with Gasteiger partial charge in [0.25, 0.3) is 0 Å². The van der Waals surface area contributed by atoms with E-state index in [1.165, 1.54) is 0 Å². The summed E-state index contributed by atoms with van der Waals surface area (Å²) in [5.74, 6) is -0.0891. The van der Waals surface area contributed by atoms with Gasteiger partial charge in [-0.05, 0) is 6.42 Å². The number of sulfone groups is 1. The van der Waals surface area contributed by atoms with Gasteiger partial charge in [0.1, 0.15) is 5.82 Å². The summed E-state index contributed by atoms with van der Waals surface area (Å²) in [6, 6.07) is -0.175. The van der Waals surface area contributed by atoms with E-state index < -0.39 is 15.8 Å². The second-order valence-electron chi connectivity index (χ2n) is 4.36. The number of carboxylic acid groups (broad SMARTS) is 1. The maximum Gasteiger partial charge on any atom is 0.313 e. The molecular weight excluding hydrogens is 290 g/mol. The third-order valence-electron chi connectivity index (χ3n) is 2.95. The zero-order valence-electron chi connectivity index (χ0n) is 10.4. The van der Waals surface area contributed by atoms with Crippen LogP contribution in [-0.2, 0) is 21.1 Å². The highest BCUT2D eigenvalue weighted by molar-refractivity contribution is 7.99. The number of rotatable bonds is 5. The Balaban J connectivity index is 2.26. The van der Waals surface area contributed by atoms with Crippen LogP contribution in [0.1, 0.15) is 25.2 Å². The standard InChI is InChI=1S/C10H15N3O4S2/c1-2-8-11-12-10(18-5-9(14)15)13(8)7-3-4-19(16,17)6-7/h7H,2-6H2,1H3,(H,14,15). The molecular formula is C10H15N3O4S2. The summed E-state index contributed by atoms with van der Waals surface area (Å²) in [6.45, 7) is 1.91. The van der Waals surface area contributed by atoms with Gasteiger partial charge in [-0.25, -0.2) is 8.42 Å². The van der Waals surface area contributed by atoms with Crippen molar-refractivity contribution >= 4 is 27.6 Å². The van der Waals surface area contributed by atoms with Crippen LogP contribution in [0.25, 0.3) is 0 Å². The molecule has 1 fully saturated rings. The highest BCUT2D eigenvalue weighted by Crippen LogP contribution is 2.29. The van der Waals surface area contributed by atoms with Crippen LogP contribution < -0.4 is 0 Å². The van der Waals surface area contributed by atoms with Gasteiger partial charge in [-0.3, -0.25) is 4.79 Å². The summed E-state index contributed by atoms with van der Waals surface area (Å²) in [6.07, 6.45) is 1.17. The van der Waals surface area contributed by atoms with Crippen molar-refractivity contribution in [1.82, 2.24) is 14.8 Å². The highest BCUT2D eigenvalue weighted by atomic mass is 32.2. The zero-order valence-corrected chi connectivity index (χ0v) is 12.1. The molecule has 106 valence electrons. The van der Waals surface area contributed by atoms with Crippen LogP contribution in [0.4, 0.5) is 0 Å². The van der Waals surface area contributed by atoms with Crippen LogP contribution in [0.3, 0.4) is 0 Å². The third kappa shape index (κ3) is 3.27. The Morgan fingerprint density at radius 1 is 1.53 bits per heavy atom. The Kier molecular flexibility index (Phi) is 4.14. The lowest BCUT2D eigenvalue weighted by Gasteiger charge is -2.14. The molecule has 0 radical (unpaired) electrons. The van der Waals surface area contributed by atoms with Crippen LogP contribution in [0.5, 0.6) is 0 Å². The number of carbonyl (C=O) groups is 1. The van der Waals surface area contributed by atoms with Gasteiger partial charge in [-0.1, -0.05) is 18.7 Å². The molecule has 1 unspecified atom stereocenters. The smallest absolute Gasteiger partial charge is 0.313 e. The Labute approximate surface area is 115 Å². The van der Waals surface area contributed by atoms with Gasteiger partial charge >= 0.3 is 5.97 Å². The molecule has 1 saturated heterocycles. The van der Waals surface area contributed by atoms with Crippen LogP contribution in [0.15, 0.2) is 5.16 Å². The fraction of sp³-hybridized carbons (Fsp3) is 0.700. The molecule has 0 bridgehead atoms. The van der Waals surface area contributed by atoms with Crippen molar-refractivity contribution in [2.45, 2.75) is 31.0 Å². The zero-order chi connectivity index (χ0) is 14.0. The molecule has 1 aromatic heterocycles. The van der Waals surface area contributed by atoms with Crippen molar-refractivity contribution in [2.75, 3.05) is 17.3 Å². The molecule has 0 aromatic carbocycles. The van der Waals surface area contributed by atoms with Gasteiger partial charge in [-0.15, -0.1) is 10.2 Å². The summed E-state index contributed by atoms with van der Waals surface area (Å²) in [5.41, 5.74) is 0. The second-order valence-corrected chi connectivity index (χ2v) is 7.53. The van der Waals surface area contributed by atoms with Gasteiger partial charge in [0.05, 0.1) is 23.3 Å². The molecule has 0 saturated carbocycles. The maximum absolute atomic E-state index is 11.6. The molecule has 1 N–H and O–H groups in total. The van der Waals surface area contributed by atoms with Crippen molar-refractivity contribution in [3.63, 3.8) is 0 Å². The summed E-state index contributed by atoms with van der Waals surface area (Å²) >= 11 is 1.07. The summed E-state index contributed by atoms with van der Waals surface area (Å²) in [7, 11) is -3.00. The van der Waals surface area contributed by atoms with E-state index in [4.69, 9.17) is 5.11 Å². The molecule has 1 aliphatic heterocycles. The number of aromatic nitrogens is 3. The number of thioether (sulfide) groups is 1. The van der Waals surface area contributed by atoms with E-state index in [0.29, 0.717) is 23.8 Å². The van der Waals surface area contributed by atoms with E-state index in [2.05, 4.69) is 10.2 Å². The monoisotopic (exact) mass is 305 g/mol. The Hall–Kier alpha value is -1.09. The average Bonchev–Trinajstić information content (AvgIpc) is 2.88. The predicted molar refractivity (Wildman–Crippen MR) is 70.1 cm³/mol. The summed E-state index contributed by atoms with van der Waals surface area (Å²) in [5, 5.41) is 17.2. The largest absolute Gasteiger partial charge is 0.481 e. The molecule has 1 aromatic rings. The Morgan fingerprint density at radius 2 is 2.26 bits per heavy atom. The molecule has 0 aliphatic carbocycles. The van der Waals surface area contributed by atoms with E-state index in [9.17, 15) is 13.2 Å². The van der Waals surface area contributed by atoms with Crippen molar-refractivity contribution in [2.24, 2.45) is 0 Å². The van der Waals surface area contributed by atoms with Gasteiger partial charge in [0.15, 0.2) is 15.0 Å². The van der Waals surface area contributed by atoms with Crippen molar-refractivity contribution in [3.8, 4) is 0 Å². The molecule has 0 amide bonds. The molecule has 1 atom stereocenters. The third-order valence-corrected chi connectivity index (χ3v) is 5.63. The minimum atomic E-state index is -3.00. The number of carboxylic acids is 1. The topological polar surface area (TPSA) is 102 Å². The van der Waals surface area contributed by atoms with Crippen molar-refractivity contribution < 1.29 is 18.3 Å². The molecule has 2 heterocycles. The normalized spacial score (nSPS) is 21.6. The Bertz CT molecular complexity index is 582. The Morgan fingerprint density at radius 3 is 2.79 bits per heavy atom. The van der Waals surface area contributed by atoms with E-state index in [0.717, 1.165) is 11.8 Å². The lowest BCUT2D eigenvalue weighted by molar-refractivity contribution is -0.133. The molecule has 9 heteroatoms. The van der Waals surface area contributed by atoms with Gasteiger partial charge in [0, 0.05) is 6.42 Å². The quantitative estimate of drug-likeness (QED) is 0.784. The number of hydrogen-bond acceptors (Lipinski definition) is 6. The summed E-state index contributed by atoms with van der Waals surface area (Å²) in [4.78, 5) is 10.6. The van der Waals surface area contributed by atoms with Crippen molar-refractivity contribution in [1.29, 1.82) is 0 Å². The molecule has 1 aliphatic rings. The summed E-state index contributed by atoms with van der Waals surface area (Å²) < 4.78 is 24.9. The van der Waals surface area contributed by atoms with Crippen LogP contribution in [-0.4, -0.2) is 51.5 Å². The van der Waals surface area contributed by atoms with E-state index in [1.807, 2.05) is 6.92 Å². The van der Waals surface area contributed by atoms with Crippen LogP contribution >= 0.6 is 11.8 Å². The fourth-order valence-electron chi connectivity index (χ4n) is 2.12.